The number of hydrogen-bond acceptors (Lipinski definition) is 3. The summed E-state index contributed by atoms with van der Waals surface area (Å²) in [4.78, 5) is 11.8. The number of carbonyl (C=O) groups is 1. The Hall–Kier alpha value is -2.34. The summed E-state index contributed by atoms with van der Waals surface area (Å²) in [5.74, 6) is -1.89. The van der Waals surface area contributed by atoms with E-state index in [1.54, 1.807) is 18.2 Å². The molecule has 7 heteroatoms. The van der Waals surface area contributed by atoms with E-state index in [2.05, 4.69) is 10.6 Å². The number of methoxy groups -OCH3 is 1. The second-order valence-corrected chi connectivity index (χ2v) is 4.81. The molecule has 0 spiro atoms. The molecule has 0 radical (unpaired) electrons. The Kier molecular flexibility index (Phi) is 5.16. The second-order valence-electron chi connectivity index (χ2n) is 4.38. The van der Waals surface area contributed by atoms with Crippen molar-refractivity contribution >= 4 is 28.9 Å². The van der Waals surface area contributed by atoms with Crippen LogP contribution in [0.1, 0.15) is 0 Å². The fourth-order valence-electron chi connectivity index (χ4n) is 1.77. The first-order valence-corrected chi connectivity index (χ1v) is 6.69. The van der Waals surface area contributed by atoms with E-state index in [1.807, 2.05) is 0 Å². The normalized spacial score (nSPS) is 10.2. The molecule has 22 heavy (non-hydrogen) atoms. The molecule has 0 saturated carbocycles. The zero-order chi connectivity index (χ0) is 16.1. The Morgan fingerprint density at radius 2 is 1.95 bits per heavy atom. The summed E-state index contributed by atoms with van der Waals surface area (Å²) in [6.07, 6.45) is 0. The number of ether oxygens (including phenoxy) is 1. The molecule has 4 nitrogen and oxygen atoms in total. The van der Waals surface area contributed by atoms with Crippen LogP contribution in [0.4, 0.5) is 20.2 Å². The molecule has 0 bridgehead atoms. The SMILES string of the molecule is COc1ccc(Cl)cc1NCC(=O)Nc1ccc(F)c(F)c1. The molecule has 2 rings (SSSR count). The van der Waals surface area contributed by atoms with Crippen LogP contribution in [0.15, 0.2) is 36.4 Å². The van der Waals surface area contributed by atoms with Crippen LogP contribution in [0.25, 0.3) is 0 Å². The van der Waals surface area contributed by atoms with Gasteiger partial charge in [-0.25, -0.2) is 8.78 Å². The molecule has 0 fully saturated rings. The number of rotatable bonds is 5. The zero-order valence-corrected chi connectivity index (χ0v) is 12.4. The third-order valence-electron chi connectivity index (χ3n) is 2.80. The first-order valence-electron chi connectivity index (χ1n) is 6.32. The van der Waals surface area contributed by atoms with Crippen molar-refractivity contribution in [2.75, 3.05) is 24.3 Å². The average molecular weight is 327 g/mol. The predicted molar refractivity (Wildman–Crippen MR) is 81.5 cm³/mol. The molecule has 2 aromatic rings. The van der Waals surface area contributed by atoms with Gasteiger partial charge >= 0.3 is 0 Å². The number of hydrogen-bond donors (Lipinski definition) is 2. The molecule has 0 aliphatic carbocycles. The number of anilines is 2. The lowest BCUT2D eigenvalue weighted by Crippen LogP contribution is -2.22. The van der Waals surface area contributed by atoms with E-state index in [1.165, 1.54) is 13.2 Å². The van der Waals surface area contributed by atoms with Gasteiger partial charge in [-0.05, 0) is 30.3 Å². The van der Waals surface area contributed by atoms with Crippen LogP contribution in [0, 0.1) is 11.6 Å². The van der Waals surface area contributed by atoms with E-state index in [9.17, 15) is 13.6 Å². The number of amides is 1. The number of halogens is 3. The minimum Gasteiger partial charge on any atom is -0.495 e. The summed E-state index contributed by atoms with van der Waals surface area (Å²) in [6, 6.07) is 8.07. The molecular formula is C15H13ClF2N2O2. The van der Waals surface area contributed by atoms with Crippen LogP contribution in [-0.2, 0) is 4.79 Å². The zero-order valence-electron chi connectivity index (χ0n) is 11.6. The van der Waals surface area contributed by atoms with Crippen LogP contribution in [0.5, 0.6) is 5.75 Å². The van der Waals surface area contributed by atoms with Crippen molar-refractivity contribution in [1.82, 2.24) is 0 Å². The molecule has 0 atom stereocenters. The number of nitrogens with one attached hydrogen (secondary N) is 2. The highest BCUT2D eigenvalue weighted by Gasteiger charge is 2.08. The maximum Gasteiger partial charge on any atom is 0.243 e. The Bertz CT molecular complexity index is 695. The van der Waals surface area contributed by atoms with Crippen LogP contribution < -0.4 is 15.4 Å². The van der Waals surface area contributed by atoms with E-state index in [0.717, 1.165) is 12.1 Å². The first-order chi connectivity index (χ1) is 10.5. The standard InChI is InChI=1S/C15H13ClF2N2O2/c1-22-14-5-2-9(16)6-13(14)19-8-15(21)20-10-3-4-11(17)12(18)7-10/h2-7,19H,8H2,1H3,(H,20,21). The first kappa shape index (κ1) is 16.0. The van der Waals surface area contributed by atoms with Gasteiger partial charge in [-0.15, -0.1) is 0 Å². The number of benzene rings is 2. The Labute approximate surface area is 131 Å². The van der Waals surface area contributed by atoms with Crippen molar-refractivity contribution in [2.45, 2.75) is 0 Å². The molecule has 0 aliphatic heterocycles. The fourth-order valence-corrected chi connectivity index (χ4v) is 1.95. The van der Waals surface area contributed by atoms with Crippen LogP contribution >= 0.6 is 11.6 Å². The monoisotopic (exact) mass is 326 g/mol. The van der Waals surface area contributed by atoms with E-state index >= 15 is 0 Å². The highest BCUT2D eigenvalue weighted by molar-refractivity contribution is 6.30. The van der Waals surface area contributed by atoms with Gasteiger partial charge in [-0.3, -0.25) is 4.79 Å². The van der Waals surface area contributed by atoms with Gasteiger partial charge < -0.3 is 15.4 Å². The fraction of sp³-hybridized carbons (Fsp3) is 0.133. The van der Waals surface area contributed by atoms with Crippen molar-refractivity contribution in [1.29, 1.82) is 0 Å². The minimum absolute atomic E-state index is 0.0876. The Balaban J connectivity index is 1.98. The summed E-state index contributed by atoms with van der Waals surface area (Å²) in [5, 5.41) is 5.80. The van der Waals surface area contributed by atoms with Gasteiger partial charge in [0.25, 0.3) is 0 Å². The molecule has 0 unspecified atom stereocenters. The smallest absolute Gasteiger partial charge is 0.243 e. The maximum absolute atomic E-state index is 13.1. The lowest BCUT2D eigenvalue weighted by atomic mass is 10.3. The third-order valence-corrected chi connectivity index (χ3v) is 3.04. The molecular weight excluding hydrogens is 314 g/mol. The van der Waals surface area contributed by atoms with Crippen LogP contribution in [-0.4, -0.2) is 19.6 Å². The summed E-state index contributed by atoms with van der Waals surface area (Å²) in [5.41, 5.74) is 0.721. The predicted octanol–water partition coefficient (Wildman–Crippen LogP) is 3.68. The van der Waals surface area contributed by atoms with Gasteiger partial charge in [-0.2, -0.15) is 0 Å². The van der Waals surface area contributed by atoms with E-state index in [-0.39, 0.29) is 12.2 Å². The van der Waals surface area contributed by atoms with Crippen molar-refractivity contribution in [3.8, 4) is 5.75 Å². The van der Waals surface area contributed by atoms with E-state index < -0.39 is 17.5 Å². The Morgan fingerprint density at radius 3 is 2.64 bits per heavy atom. The number of carbonyl (C=O) groups excluding carboxylic acids is 1. The summed E-state index contributed by atoms with van der Waals surface area (Å²) >= 11 is 5.88. The second kappa shape index (κ2) is 7.09. The summed E-state index contributed by atoms with van der Waals surface area (Å²) < 4.78 is 31.0. The molecule has 0 aromatic heterocycles. The molecule has 0 aliphatic rings. The van der Waals surface area contributed by atoms with Gasteiger partial charge in [0.05, 0.1) is 19.3 Å². The molecule has 2 aromatic carbocycles. The average Bonchev–Trinajstić information content (AvgIpc) is 2.49. The van der Waals surface area contributed by atoms with Crippen molar-refractivity contribution in [3.05, 3.63) is 53.1 Å². The molecule has 1 amide bonds. The van der Waals surface area contributed by atoms with Crippen LogP contribution in [0.2, 0.25) is 5.02 Å². The highest BCUT2D eigenvalue weighted by Crippen LogP contribution is 2.27. The van der Waals surface area contributed by atoms with Gasteiger partial charge in [0.1, 0.15) is 5.75 Å². The minimum atomic E-state index is -1.03. The third kappa shape index (κ3) is 4.08. The van der Waals surface area contributed by atoms with Crippen LogP contribution in [0.3, 0.4) is 0 Å². The van der Waals surface area contributed by atoms with Crippen molar-refractivity contribution in [2.24, 2.45) is 0 Å². The quantitative estimate of drug-likeness (QED) is 0.881. The largest absolute Gasteiger partial charge is 0.495 e. The topological polar surface area (TPSA) is 50.4 Å². The molecule has 2 N–H and O–H groups in total. The summed E-state index contributed by atoms with van der Waals surface area (Å²) in [6.45, 7) is -0.0876. The maximum atomic E-state index is 13.1. The van der Waals surface area contributed by atoms with Gasteiger partial charge in [-0.1, -0.05) is 11.6 Å². The van der Waals surface area contributed by atoms with Crippen molar-refractivity contribution in [3.63, 3.8) is 0 Å². The van der Waals surface area contributed by atoms with E-state index in [0.29, 0.717) is 16.5 Å². The lowest BCUT2D eigenvalue weighted by Gasteiger charge is -2.11. The van der Waals surface area contributed by atoms with E-state index in [4.69, 9.17) is 16.3 Å². The molecule has 0 saturated heterocycles. The van der Waals surface area contributed by atoms with Gasteiger partial charge in [0.15, 0.2) is 11.6 Å². The molecule has 116 valence electrons. The summed E-state index contributed by atoms with van der Waals surface area (Å²) in [7, 11) is 1.50. The van der Waals surface area contributed by atoms with Gasteiger partial charge in [0.2, 0.25) is 5.91 Å². The molecule has 0 heterocycles. The highest BCUT2D eigenvalue weighted by atomic mass is 35.5. The van der Waals surface area contributed by atoms with Gasteiger partial charge in [0, 0.05) is 16.8 Å². The Morgan fingerprint density at radius 1 is 1.18 bits per heavy atom. The van der Waals surface area contributed by atoms with Crippen molar-refractivity contribution < 1.29 is 18.3 Å². The lowest BCUT2D eigenvalue weighted by molar-refractivity contribution is -0.114.